The van der Waals surface area contributed by atoms with E-state index in [1.54, 1.807) is 24.0 Å². The number of aryl methyl sites for hydroxylation is 1. The molecule has 0 aromatic carbocycles. The summed E-state index contributed by atoms with van der Waals surface area (Å²) in [7, 11) is 1.80. The fraction of sp³-hybridized carbons (Fsp3) is 0.417. The van der Waals surface area contributed by atoms with Crippen LogP contribution in [0.4, 0.5) is 0 Å². The maximum Gasteiger partial charge on any atom is 0.187 e. The Morgan fingerprint density at radius 2 is 2.35 bits per heavy atom. The van der Waals surface area contributed by atoms with Crippen LogP contribution in [0.3, 0.4) is 0 Å². The van der Waals surface area contributed by atoms with Crippen LogP contribution in [0.5, 0.6) is 0 Å². The average molecular weight is 231 g/mol. The second kappa shape index (κ2) is 3.55. The lowest BCUT2D eigenvalue weighted by atomic mass is 9.85. The van der Waals surface area contributed by atoms with Crippen LogP contribution in [0, 0.1) is 0 Å². The summed E-state index contributed by atoms with van der Waals surface area (Å²) in [6, 6.07) is 1.77. The third-order valence-electron chi connectivity index (χ3n) is 3.32. The van der Waals surface area contributed by atoms with Crippen LogP contribution in [-0.4, -0.2) is 20.7 Å². The van der Waals surface area contributed by atoms with Crippen LogP contribution in [0.2, 0.25) is 0 Å². The lowest BCUT2D eigenvalue weighted by Gasteiger charge is -2.18. The van der Waals surface area contributed by atoms with Crippen molar-refractivity contribution >= 4 is 5.78 Å². The van der Waals surface area contributed by atoms with Gasteiger partial charge in [0.05, 0.1) is 6.20 Å². The summed E-state index contributed by atoms with van der Waals surface area (Å²) in [4.78, 5) is 11.9. The Bertz CT molecular complexity index is 569. The monoisotopic (exact) mass is 231 g/mol. The van der Waals surface area contributed by atoms with Gasteiger partial charge in [0, 0.05) is 25.1 Å². The first-order chi connectivity index (χ1) is 8.18. The molecule has 0 spiro atoms. The van der Waals surface area contributed by atoms with Gasteiger partial charge in [-0.25, -0.2) is 0 Å². The van der Waals surface area contributed by atoms with E-state index in [1.807, 2.05) is 0 Å². The van der Waals surface area contributed by atoms with Crippen molar-refractivity contribution in [3.8, 4) is 11.5 Å². The molecule has 5 nitrogen and oxygen atoms in total. The first-order valence-electron chi connectivity index (χ1n) is 5.69. The van der Waals surface area contributed by atoms with Gasteiger partial charge in [0.2, 0.25) is 0 Å². The average Bonchev–Trinajstić information content (AvgIpc) is 2.91. The first kappa shape index (κ1) is 10.3. The van der Waals surface area contributed by atoms with Crippen LogP contribution in [0.15, 0.2) is 16.8 Å². The number of rotatable bonds is 1. The molecule has 2 heterocycles. The Kier molecular flexibility index (Phi) is 2.14. The number of aromatic nitrogens is 3. The number of fused-ring (bicyclic) bond motifs is 1. The zero-order chi connectivity index (χ0) is 12.0. The molecule has 5 heteroatoms. The smallest absolute Gasteiger partial charge is 0.187 e. The van der Waals surface area contributed by atoms with Gasteiger partial charge in [0.1, 0.15) is 11.4 Å². The van der Waals surface area contributed by atoms with E-state index in [0.717, 1.165) is 23.4 Å². The molecule has 88 valence electrons. The van der Waals surface area contributed by atoms with E-state index in [2.05, 4.69) is 17.2 Å². The Labute approximate surface area is 98.4 Å². The van der Waals surface area contributed by atoms with Crippen LogP contribution in [0.25, 0.3) is 11.5 Å². The maximum atomic E-state index is 11.9. The summed E-state index contributed by atoms with van der Waals surface area (Å²) < 4.78 is 6.80. The van der Waals surface area contributed by atoms with E-state index < -0.39 is 0 Å². The van der Waals surface area contributed by atoms with Gasteiger partial charge in [-0.3, -0.25) is 9.48 Å². The van der Waals surface area contributed by atoms with Crippen LogP contribution < -0.4 is 0 Å². The fourth-order valence-electron chi connectivity index (χ4n) is 2.47. The highest BCUT2D eigenvalue weighted by atomic mass is 16.5. The SMILES string of the molecule is CC1CCC(=O)c2c1c(-c1ccno1)nn2C. The quantitative estimate of drug-likeness (QED) is 0.754. The highest BCUT2D eigenvalue weighted by molar-refractivity contribution is 5.98. The summed E-state index contributed by atoms with van der Waals surface area (Å²) in [5.74, 6) is 1.12. The minimum atomic E-state index is 0.166. The third-order valence-corrected chi connectivity index (χ3v) is 3.32. The first-order valence-corrected chi connectivity index (χ1v) is 5.69. The van der Waals surface area contributed by atoms with Crippen molar-refractivity contribution in [2.75, 3.05) is 0 Å². The number of carbonyl (C=O) groups excluding carboxylic acids is 1. The number of ketones is 1. The van der Waals surface area contributed by atoms with Crippen molar-refractivity contribution in [3.63, 3.8) is 0 Å². The molecule has 1 aliphatic rings. The van der Waals surface area contributed by atoms with Crippen molar-refractivity contribution in [2.45, 2.75) is 25.7 Å². The third kappa shape index (κ3) is 1.42. The van der Waals surface area contributed by atoms with Crippen molar-refractivity contribution in [1.82, 2.24) is 14.9 Å². The highest BCUT2D eigenvalue weighted by Gasteiger charge is 2.31. The molecule has 0 N–H and O–H groups in total. The van der Waals surface area contributed by atoms with E-state index >= 15 is 0 Å². The number of carbonyl (C=O) groups is 1. The van der Waals surface area contributed by atoms with E-state index in [4.69, 9.17) is 4.52 Å². The molecule has 0 amide bonds. The van der Waals surface area contributed by atoms with Crippen molar-refractivity contribution in [3.05, 3.63) is 23.5 Å². The molecule has 2 aromatic rings. The Morgan fingerprint density at radius 3 is 3.06 bits per heavy atom. The van der Waals surface area contributed by atoms with Crippen LogP contribution in [-0.2, 0) is 7.05 Å². The van der Waals surface area contributed by atoms with E-state index in [9.17, 15) is 4.79 Å². The van der Waals surface area contributed by atoms with Gasteiger partial charge >= 0.3 is 0 Å². The van der Waals surface area contributed by atoms with Crippen LogP contribution >= 0.6 is 0 Å². The standard InChI is InChI=1S/C12H13N3O2/c1-7-3-4-8(16)12-10(7)11(14-15(12)2)9-5-6-13-17-9/h5-7H,3-4H2,1-2H3. The highest BCUT2D eigenvalue weighted by Crippen LogP contribution is 2.37. The predicted octanol–water partition coefficient (Wildman–Crippen LogP) is 2.16. The van der Waals surface area contributed by atoms with E-state index in [0.29, 0.717) is 18.1 Å². The molecule has 3 rings (SSSR count). The lowest BCUT2D eigenvalue weighted by Crippen LogP contribution is -2.16. The fourth-order valence-corrected chi connectivity index (χ4v) is 2.47. The minimum Gasteiger partial charge on any atom is -0.355 e. The van der Waals surface area contributed by atoms with Gasteiger partial charge in [-0.2, -0.15) is 5.10 Å². The van der Waals surface area contributed by atoms with Gasteiger partial charge in [0.15, 0.2) is 11.5 Å². The van der Waals surface area contributed by atoms with Gasteiger partial charge in [-0.1, -0.05) is 12.1 Å². The molecule has 0 aliphatic heterocycles. The van der Waals surface area contributed by atoms with E-state index in [-0.39, 0.29) is 5.78 Å². The predicted molar refractivity (Wildman–Crippen MR) is 60.7 cm³/mol. The molecule has 0 saturated heterocycles. The maximum absolute atomic E-state index is 11.9. The number of hydrogen-bond acceptors (Lipinski definition) is 4. The Morgan fingerprint density at radius 1 is 1.53 bits per heavy atom. The molecule has 0 bridgehead atoms. The van der Waals surface area contributed by atoms with Crippen LogP contribution in [0.1, 0.15) is 41.7 Å². The molecule has 1 atom stereocenters. The molecule has 17 heavy (non-hydrogen) atoms. The van der Waals surface area contributed by atoms with E-state index in [1.165, 1.54) is 0 Å². The molecule has 2 aromatic heterocycles. The van der Waals surface area contributed by atoms with Crippen molar-refractivity contribution in [2.24, 2.45) is 7.05 Å². The van der Waals surface area contributed by atoms with Crippen molar-refractivity contribution in [1.29, 1.82) is 0 Å². The Balaban J connectivity index is 2.25. The van der Waals surface area contributed by atoms with Gasteiger partial charge in [-0.05, 0) is 12.3 Å². The van der Waals surface area contributed by atoms with Gasteiger partial charge < -0.3 is 4.52 Å². The lowest BCUT2D eigenvalue weighted by molar-refractivity contribution is 0.0958. The van der Waals surface area contributed by atoms with Gasteiger partial charge in [0.25, 0.3) is 0 Å². The molecule has 1 unspecified atom stereocenters. The summed E-state index contributed by atoms with van der Waals surface area (Å²) in [6.07, 6.45) is 3.06. The summed E-state index contributed by atoms with van der Waals surface area (Å²) in [5.41, 5.74) is 2.47. The molecular weight excluding hydrogens is 218 g/mol. The Hall–Kier alpha value is -1.91. The van der Waals surface area contributed by atoms with Gasteiger partial charge in [-0.15, -0.1) is 0 Å². The molecule has 1 aliphatic carbocycles. The zero-order valence-corrected chi connectivity index (χ0v) is 9.80. The van der Waals surface area contributed by atoms with Crippen molar-refractivity contribution < 1.29 is 9.32 Å². The summed E-state index contributed by atoms with van der Waals surface area (Å²) in [6.45, 7) is 2.12. The largest absolute Gasteiger partial charge is 0.355 e. The minimum absolute atomic E-state index is 0.166. The molecule has 0 saturated carbocycles. The normalized spacial score (nSPS) is 19.4. The second-order valence-corrected chi connectivity index (χ2v) is 4.47. The molecular formula is C12H13N3O2. The topological polar surface area (TPSA) is 60.9 Å². The number of nitrogens with zero attached hydrogens (tertiary/aromatic N) is 3. The zero-order valence-electron chi connectivity index (χ0n) is 9.80. The second-order valence-electron chi connectivity index (χ2n) is 4.47. The summed E-state index contributed by atoms with van der Waals surface area (Å²) in [5, 5.41) is 8.09. The molecule has 0 radical (unpaired) electrons. The number of hydrogen-bond donors (Lipinski definition) is 0. The summed E-state index contributed by atoms with van der Waals surface area (Å²) >= 11 is 0. The number of Topliss-reactive ketones (excluding diaryl/α,β-unsaturated/α-hetero) is 1. The molecule has 0 fully saturated rings.